The summed E-state index contributed by atoms with van der Waals surface area (Å²) in [5.74, 6) is 0.870. The van der Waals surface area contributed by atoms with Crippen molar-refractivity contribution in [2.24, 2.45) is 5.92 Å². The summed E-state index contributed by atoms with van der Waals surface area (Å²) in [7, 11) is 0. The third-order valence-electron chi connectivity index (χ3n) is 4.87. The Balaban J connectivity index is 1.67. The number of carbonyl (C=O) groups is 1. The van der Waals surface area contributed by atoms with Crippen molar-refractivity contribution in [1.82, 2.24) is 0 Å². The SMILES string of the molecule is C=CC(=O)OC(C)CC(C)COC1CCC(c2ccc(O)cc2)CC1. The average molecular weight is 346 g/mol. The van der Waals surface area contributed by atoms with Crippen molar-refractivity contribution >= 4 is 5.97 Å². The number of benzene rings is 1. The number of carbonyl (C=O) groups excluding carboxylic acids is 1. The second-order valence-electron chi connectivity index (χ2n) is 7.19. The van der Waals surface area contributed by atoms with Crippen LogP contribution in [-0.4, -0.2) is 29.9 Å². The van der Waals surface area contributed by atoms with Gasteiger partial charge in [-0.25, -0.2) is 4.79 Å². The maximum absolute atomic E-state index is 11.2. The van der Waals surface area contributed by atoms with E-state index in [1.807, 2.05) is 19.1 Å². The summed E-state index contributed by atoms with van der Waals surface area (Å²) < 4.78 is 11.3. The van der Waals surface area contributed by atoms with Crippen LogP contribution in [0.15, 0.2) is 36.9 Å². The molecule has 1 aromatic rings. The predicted octanol–water partition coefficient (Wildman–Crippen LogP) is 4.58. The van der Waals surface area contributed by atoms with Gasteiger partial charge >= 0.3 is 5.97 Å². The van der Waals surface area contributed by atoms with E-state index in [9.17, 15) is 9.90 Å². The number of ether oxygens (including phenoxy) is 2. The van der Waals surface area contributed by atoms with Gasteiger partial charge in [-0.15, -0.1) is 0 Å². The second kappa shape index (κ2) is 9.62. The van der Waals surface area contributed by atoms with Crippen LogP contribution >= 0.6 is 0 Å². The van der Waals surface area contributed by atoms with Crippen molar-refractivity contribution in [3.63, 3.8) is 0 Å². The molecule has 1 fully saturated rings. The zero-order valence-corrected chi connectivity index (χ0v) is 15.3. The molecular formula is C21H30O4. The van der Waals surface area contributed by atoms with Gasteiger partial charge in [-0.2, -0.15) is 0 Å². The summed E-state index contributed by atoms with van der Waals surface area (Å²) in [4.78, 5) is 11.2. The number of aromatic hydroxyl groups is 1. The van der Waals surface area contributed by atoms with Gasteiger partial charge in [-0.05, 0) is 68.6 Å². The van der Waals surface area contributed by atoms with Crippen molar-refractivity contribution in [2.75, 3.05) is 6.61 Å². The van der Waals surface area contributed by atoms with Crippen LogP contribution in [-0.2, 0) is 14.3 Å². The highest BCUT2D eigenvalue weighted by Crippen LogP contribution is 2.34. The monoisotopic (exact) mass is 346 g/mol. The third kappa shape index (κ3) is 6.54. The molecule has 1 saturated carbocycles. The van der Waals surface area contributed by atoms with Crippen LogP contribution in [0.1, 0.15) is 57.4 Å². The molecular weight excluding hydrogens is 316 g/mol. The highest BCUT2D eigenvalue weighted by molar-refractivity contribution is 5.81. The predicted molar refractivity (Wildman–Crippen MR) is 98.6 cm³/mol. The number of phenolic OH excluding ortho intramolecular Hbond substituents is 1. The third-order valence-corrected chi connectivity index (χ3v) is 4.87. The fourth-order valence-corrected chi connectivity index (χ4v) is 3.54. The van der Waals surface area contributed by atoms with Gasteiger partial charge in [0.15, 0.2) is 0 Å². The average Bonchev–Trinajstić information content (AvgIpc) is 2.61. The van der Waals surface area contributed by atoms with Crippen molar-refractivity contribution in [3.05, 3.63) is 42.5 Å². The summed E-state index contributed by atoms with van der Waals surface area (Å²) in [5.41, 5.74) is 1.31. The van der Waals surface area contributed by atoms with Gasteiger partial charge in [0.2, 0.25) is 0 Å². The molecule has 1 N–H and O–H groups in total. The fraction of sp³-hybridized carbons (Fsp3) is 0.571. The quantitative estimate of drug-likeness (QED) is 0.553. The van der Waals surface area contributed by atoms with Crippen molar-refractivity contribution in [2.45, 2.75) is 64.1 Å². The lowest BCUT2D eigenvalue weighted by atomic mass is 9.82. The molecule has 0 aliphatic heterocycles. The number of esters is 1. The van der Waals surface area contributed by atoms with Crippen LogP contribution in [0.25, 0.3) is 0 Å². The second-order valence-corrected chi connectivity index (χ2v) is 7.19. The van der Waals surface area contributed by atoms with E-state index in [-0.39, 0.29) is 12.1 Å². The molecule has 2 atom stereocenters. The van der Waals surface area contributed by atoms with E-state index in [4.69, 9.17) is 9.47 Å². The maximum Gasteiger partial charge on any atom is 0.330 e. The molecule has 1 aromatic carbocycles. The summed E-state index contributed by atoms with van der Waals surface area (Å²) in [6.07, 6.45) is 6.58. The van der Waals surface area contributed by atoms with Crippen LogP contribution in [0, 0.1) is 5.92 Å². The van der Waals surface area contributed by atoms with Crippen molar-refractivity contribution in [1.29, 1.82) is 0 Å². The normalized spacial score (nSPS) is 22.8. The van der Waals surface area contributed by atoms with Gasteiger partial charge in [0.25, 0.3) is 0 Å². The highest BCUT2D eigenvalue weighted by Gasteiger charge is 2.23. The van der Waals surface area contributed by atoms with Gasteiger partial charge in [0, 0.05) is 12.7 Å². The number of rotatable bonds is 8. The van der Waals surface area contributed by atoms with Gasteiger partial charge in [-0.3, -0.25) is 0 Å². The van der Waals surface area contributed by atoms with Gasteiger partial charge in [0.1, 0.15) is 5.75 Å². The molecule has 4 heteroatoms. The molecule has 0 spiro atoms. The smallest absolute Gasteiger partial charge is 0.330 e. The van der Waals surface area contributed by atoms with Crippen LogP contribution in [0.4, 0.5) is 0 Å². The van der Waals surface area contributed by atoms with E-state index >= 15 is 0 Å². The molecule has 0 aromatic heterocycles. The molecule has 25 heavy (non-hydrogen) atoms. The van der Waals surface area contributed by atoms with E-state index in [2.05, 4.69) is 13.5 Å². The number of hydrogen-bond donors (Lipinski definition) is 1. The van der Waals surface area contributed by atoms with Crippen LogP contribution in [0.3, 0.4) is 0 Å². The first-order chi connectivity index (χ1) is 12.0. The topological polar surface area (TPSA) is 55.8 Å². The fourth-order valence-electron chi connectivity index (χ4n) is 3.54. The molecule has 0 amide bonds. The molecule has 0 radical (unpaired) electrons. The molecule has 0 bridgehead atoms. The Kier molecular flexibility index (Phi) is 7.51. The molecule has 2 rings (SSSR count). The molecule has 1 aliphatic rings. The van der Waals surface area contributed by atoms with E-state index in [1.54, 1.807) is 12.1 Å². The molecule has 4 nitrogen and oxygen atoms in total. The van der Waals surface area contributed by atoms with Crippen LogP contribution in [0.5, 0.6) is 5.75 Å². The lowest BCUT2D eigenvalue weighted by Crippen LogP contribution is -2.24. The molecule has 1 aliphatic carbocycles. The van der Waals surface area contributed by atoms with E-state index in [1.165, 1.54) is 11.6 Å². The zero-order chi connectivity index (χ0) is 18.2. The van der Waals surface area contributed by atoms with Crippen molar-refractivity contribution < 1.29 is 19.4 Å². The summed E-state index contributed by atoms with van der Waals surface area (Å²) in [6, 6.07) is 7.57. The summed E-state index contributed by atoms with van der Waals surface area (Å²) >= 11 is 0. The first-order valence-electron chi connectivity index (χ1n) is 9.21. The summed E-state index contributed by atoms with van der Waals surface area (Å²) in [5, 5.41) is 9.39. The van der Waals surface area contributed by atoms with Crippen molar-refractivity contribution in [3.8, 4) is 5.75 Å². The highest BCUT2D eigenvalue weighted by atomic mass is 16.5. The molecule has 0 heterocycles. The van der Waals surface area contributed by atoms with E-state index < -0.39 is 0 Å². The zero-order valence-electron chi connectivity index (χ0n) is 15.3. The minimum atomic E-state index is -0.367. The van der Waals surface area contributed by atoms with Gasteiger partial charge in [0.05, 0.1) is 12.2 Å². The molecule has 0 saturated heterocycles. The van der Waals surface area contributed by atoms with E-state index in [0.717, 1.165) is 32.1 Å². The van der Waals surface area contributed by atoms with Crippen LogP contribution < -0.4 is 0 Å². The first kappa shape index (κ1) is 19.5. The van der Waals surface area contributed by atoms with E-state index in [0.29, 0.717) is 30.3 Å². The Bertz CT molecular complexity index is 544. The van der Waals surface area contributed by atoms with Crippen LogP contribution in [0.2, 0.25) is 0 Å². The minimum absolute atomic E-state index is 0.116. The lowest BCUT2D eigenvalue weighted by molar-refractivity contribution is -0.143. The molecule has 2 unspecified atom stereocenters. The van der Waals surface area contributed by atoms with Gasteiger partial charge < -0.3 is 14.6 Å². The minimum Gasteiger partial charge on any atom is -0.508 e. The Morgan fingerprint density at radius 3 is 2.48 bits per heavy atom. The lowest BCUT2D eigenvalue weighted by Gasteiger charge is -2.30. The Labute approximate surface area is 150 Å². The Hall–Kier alpha value is -1.81. The standard InChI is InChI=1S/C21H30O4/c1-4-21(23)25-16(3)13-15(2)14-24-20-11-7-18(8-12-20)17-5-9-19(22)10-6-17/h4-6,9-10,15-16,18,20,22H,1,7-8,11-14H2,2-3H3. The summed E-state index contributed by atoms with van der Waals surface area (Å²) in [6.45, 7) is 8.14. The first-order valence-corrected chi connectivity index (χ1v) is 9.21. The maximum atomic E-state index is 11.2. The Morgan fingerprint density at radius 2 is 1.88 bits per heavy atom. The Morgan fingerprint density at radius 1 is 1.24 bits per heavy atom. The number of phenols is 1. The number of hydrogen-bond acceptors (Lipinski definition) is 4. The molecule has 138 valence electrons. The van der Waals surface area contributed by atoms with Gasteiger partial charge in [-0.1, -0.05) is 25.6 Å². The largest absolute Gasteiger partial charge is 0.508 e.